The summed E-state index contributed by atoms with van der Waals surface area (Å²) in [5.41, 5.74) is 9.99. The normalized spacial score (nSPS) is 20.1. The van der Waals surface area contributed by atoms with Gasteiger partial charge in [-0.3, -0.25) is 4.68 Å². The lowest BCUT2D eigenvalue weighted by Gasteiger charge is -2.24. The molecule has 0 radical (unpaired) electrons. The zero-order valence-electron chi connectivity index (χ0n) is 19.0. The molecular weight excluding hydrogens is 419 g/mol. The number of phenolic OH excluding ortho intramolecular Hbond substituents is 1. The van der Waals surface area contributed by atoms with Crippen LogP contribution in [0, 0.1) is 6.92 Å². The number of fused-ring (bicyclic) bond motifs is 2. The number of pyridine rings is 2. The highest BCUT2D eigenvalue weighted by molar-refractivity contribution is 5.91. The van der Waals surface area contributed by atoms with Gasteiger partial charge in [-0.1, -0.05) is 0 Å². The van der Waals surface area contributed by atoms with E-state index in [1.165, 1.54) is 12.8 Å². The molecule has 0 unspecified atom stereocenters. The Bertz CT molecular complexity index is 1300. The molecule has 1 saturated carbocycles. The van der Waals surface area contributed by atoms with Crippen molar-refractivity contribution in [3.63, 3.8) is 0 Å². The lowest BCUT2D eigenvalue weighted by Crippen LogP contribution is -2.37. The predicted octanol–water partition coefficient (Wildman–Crippen LogP) is 4.24. The van der Waals surface area contributed by atoms with Crippen molar-refractivity contribution in [1.82, 2.24) is 19.7 Å². The molecule has 33 heavy (non-hydrogen) atoms. The van der Waals surface area contributed by atoms with Crippen LogP contribution in [0.1, 0.15) is 31.2 Å². The lowest BCUT2D eigenvalue weighted by atomic mass is 9.92. The quantitative estimate of drug-likeness (QED) is 0.476. The van der Waals surface area contributed by atoms with E-state index >= 15 is 0 Å². The van der Waals surface area contributed by atoms with Gasteiger partial charge in [-0.15, -0.1) is 0 Å². The van der Waals surface area contributed by atoms with Crippen molar-refractivity contribution in [2.75, 3.05) is 18.0 Å². The molecule has 1 saturated heterocycles. The predicted molar refractivity (Wildman–Crippen MR) is 129 cm³/mol. The van der Waals surface area contributed by atoms with Crippen LogP contribution in [0.15, 0.2) is 36.5 Å². The summed E-state index contributed by atoms with van der Waals surface area (Å²) in [6.07, 6.45) is 4.99. The molecule has 172 valence electrons. The first-order valence-electron chi connectivity index (χ1n) is 11.5. The number of hydrogen-bond acceptors (Lipinski definition) is 6. The van der Waals surface area contributed by atoms with Gasteiger partial charge in [0.15, 0.2) is 0 Å². The Labute approximate surface area is 192 Å². The van der Waals surface area contributed by atoms with Crippen LogP contribution in [0.4, 0.5) is 10.2 Å². The highest BCUT2D eigenvalue weighted by Gasteiger charge is 2.24. The second kappa shape index (κ2) is 8.59. The van der Waals surface area contributed by atoms with Crippen LogP contribution >= 0.6 is 0 Å². The van der Waals surface area contributed by atoms with Gasteiger partial charge in [0.25, 0.3) is 0 Å². The van der Waals surface area contributed by atoms with Crippen LogP contribution in [0.5, 0.6) is 5.75 Å². The van der Waals surface area contributed by atoms with E-state index in [2.05, 4.69) is 10.00 Å². The number of aromatic hydroxyl groups is 1. The maximum atomic E-state index is 11.7. The topological polar surface area (TPSA) is 93.1 Å². The number of alkyl halides is 1. The van der Waals surface area contributed by atoms with Crippen molar-refractivity contribution in [2.24, 2.45) is 12.8 Å². The monoisotopic (exact) mass is 448 g/mol. The molecule has 1 aliphatic heterocycles. The SMILES string of the molecule is Cc1c(O)c(-c2ccc3nc(N4CCCC4)ccc3n2)cc2cn(C)nc12.NC1CC(F)C1. The summed E-state index contributed by atoms with van der Waals surface area (Å²) in [4.78, 5) is 11.9. The summed E-state index contributed by atoms with van der Waals surface area (Å²) < 4.78 is 13.5. The number of nitrogens with two attached hydrogens (primary N) is 1. The number of nitrogens with zero attached hydrogens (tertiary/aromatic N) is 5. The van der Waals surface area contributed by atoms with Crippen LogP contribution in [0.2, 0.25) is 0 Å². The molecule has 6 rings (SSSR count). The molecule has 0 spiro atoms. The fraction of sp³-hybridized carbons (Fsp3) is 0.400. The van der Waals surface area contributed by atoms with E-state index in [4.69, 9.17) is 15.7 Å². The molecule has 2 fully saturated rings. The number of anilines is 1. The average Bonchev–Trinajstić information content (AvgIpc) is 3.45. The van der Waals surface area contributed by atoms with E-state index in [-0.39, 0.29) is 11.8 Å². The molecule has 1 aliphatic carbocycles. The summed E-state index contributed by atoms with van der Waals surface area (Å²) in [7, 11) is 1.88. The van der Waals surface area contributed by atoms with E-state index < -0.39 is 6.17 Å². The maximum Gasteiger partial charge on any atom is 0.130 e. The number of halogens is 1. The molecule has 0 atom stereocenters. The first-order chi connectivity index (χ1) is 15.9. The Hall–Kier alpha value is -3.26. The molecule has 3 N–H and O–H groups in total. The second-order valence-electron chi connectivity index (χ2n) is 9.07. The largest absolute Gasteiger partial charge is 0.507 e. The smallest absolute Gasteiger partial charge is 0.130 e. The molecule has 3 aromatic heterocycles. The first-order valence-corrected chi connectivity index (χ1v) is 11.5. The van der Waals surface area contributed by atoms with Gasteiger partial charge in [0.1, 0.15) is 17.7 Å². The Morgan fingerprint density at radius 1 is 1.06 bits per heavy atom. The summed E-state index contributed by atoms with van der Waals surface area (Å²) >= 11 is 0. The molecule has 0 bridgehead atoms. The van der Waals surface area contributed by atoms with E-state index in [1.807, 2.05) is 50.5 Å². The van der Waals surface area contributed by atoms with Crippen molar-refractivity contribution in [3.8, 4) is 17.0 Å². The van der Waals surface area contributed by atoms with Crippen molar-refractivity contribution in [2.45, 2.75) is 44.8 Å². The van der Waals surface area contributed by atoms with Gasteiger partial charge in [0.05, 0.1) is 22.2 Å². The van der Waals surface area contributed by atoms with Gasteiger partial charge >= 0.3 is 0 Å². The summed E-state index contributed by atoms with van der Waals surface area (Å²) in [6.45, 7) is 4.03. The van der Waals surface area contributed by atoms with Crippen LogP contribution in [-0.2, 0) is 7.05 Å². The Kier molecular flexibility index (Phi) is 5.62. The number of benzene rings is 1. The minimum Gasteiger partial charge on any atom is -0.507 e. The van der Waals surface area contributed by atoms with E-state index in [1.54, 1.807) is 4.68 Å². The minimum absolute atomic E-state index is 0.167. The molecule has 4 aromatic rings. The van der Waals surface area contributed by atoms with Crippen LogP contribution < -0.4 is 10.6 Å². The number of aromatic nitrogens is 4. The van der Waals surface area contributed by atoms with Gasteiger partial charge in [-0.25, -0.2) is 14.4 Å². The summed E-state index contributed by atoms with van der Waals surface area (Å²) in [6, 6.07) is 10.1. The standard InChI is InChI=1S/C21H21N5O.C4H8FN/c1-13-20-14(12-25(2)24-20)11-15(21(13)27)16-5-6-18-17(22-16)7-8-19(23-18)26-9-3-4-10-26;5-3-1-4(6)2-3/h5-8,11-12,27H,3-4,9-10H2,1-2H3;3-4H,1-2,6H2. The third kappa shape index (κ3) is 4.23. The summed E-state index contributed by atoms with van der Waals surface area (Å²) in [5.74, 6) is 1.25. The van der Waals surface area contributed by atoms with Crippen molar-refractivity contribution in [3.05, 3.63) is 42.1 Å². The van der Waals surface area contributed by atoms with E-state index in [9.17, 15) is 9.50 Å². The van der Waals surface area contributed by atoms with Crippen molar-refractivity contribution in [1.29, 1.82) is 0 Å². The molecule has 4 heterocycles. The van der Waals surface area contributed by atoms with Crippen molar-refractivity contribution >= 4 is 27.8 Å². The van der Waals surface area contributed by atoms with Gasteiger partial charge in [0.2, 0.25) is 0 Å². The Balaban J connectivity index is 0.000000332. The molecule has 1 aromatic carbocycles. The molecule has 7 nitrogen and oxygen atoms in total. The zero-order valence-corrected chi connectivity index (χ0v) is 19.0. The van der Waals surface area contributed by atoms with Crippen LogP contribution in [0.25, 0.3) is 33.2 Å². The highest BCUT2D eigenvalue weighted by Crippen LogP contribution is 2.36. The third-order valence-corrected chi connectivity index (χ3v) is 6.47. The average molecular weight is 449 g/mol. The first kappa shape index (κ1) is 21.6. The second-order valence-corrected chi connectivity index (χ2v) is 9.07. The minimum atomic E-state index is -0.583. The van der Waals surface area contributed by atoms with Gasteiger partial charge in [-0.05, 0) is 62.9 Å². The molecule has 0 amide bonds. The van der Waals surface area contributed by atoms with E-state index in [0.717, 1.165) is 57.7 Å². The molecule has 2 aliphatic rings. The fourth-order valence-corrected chi connectivity index (χ4v) is 4.50. The van der Waals surface area contributed by atoms with Crippen LogP contribution in [0.3, 0.4) is 0 Å². The number of rotatable bonds is 2. The lowest BCUT2D eigenvalue weighted by molar-refractivity contribution is 0.181. The number of aryl methyl sites for hydroxylation is 2. The van der Waals surface area contributed by atoms with Crippen molar-refractivity contribution < 1.29 is 9.50 Å². The number of phenols is 1. The van der Waals surface area contributed by atoms with Gasteiger partial charge in [0, 0.05) is 48.9 Å². The fourth-order valence-electron chi connectivity index (χ4n) is 4.50. The summed E-state index contributed by atoms with van der Waals surface area (Å²) in [5, 5.41) is 16.1. The van der Waals surface area contributed by atoms with Gasteiger partial charge < -0.3 is 15.7 Å². The number of hydrogen-bond donors (Lipinski definition) is 2. The zero-order chi connectivity index (χ0) is 23.1. The van der Waals surface area contributed by atoms with Gasteiger partial charge in [-0.2, -0.15) is 5.10 Å². The highest BCUT2D eigenvalue weighted by atomic mass is 19.1. The van der Waals surface area contributed by atoms with Crippen LogP contribution in [-0.4, -0.2) is 50.2 Å². The molecular formula is C25H29FN6O. The Morgan fingerprint density at radius 2 is 1.76 bits per heavy atom. The maximum absolute atomic E-state index is 11.7. The third-order valence-electron chi connectivity index (χ3n) is 6.47. The van der Waals surface area contributed by atoms with E-state index in [0.29, 0.717) is 12.8 Å². The Morgan fingerprint density at radius 3 is 2.42 bits per heavy atom. The molecule has 8 heteroatoms.